The normalized spacial score (nSPS) is 13.7. The van der Waals surface area contributed by atoms with E-state index in [2.05, 4.69) is 32.5 Å². The van der Waals surface area contributed by atoms with E-state index < -0.39 is 0 Å². The van der Waals surface area contributed by atoms with Gasteiger partial charge in [-0.3, -0.25) is 0 Å². The Balaban J connectivity index is 2.88. The van der Waals surface area contributed by atoms with E-state index in [1.165, 1.54) is 18.6 Å². The van der Waals surface area contributed by atoms with Crippen molar-refractivity contribution in [1.82, 2.24) is 0 Å². The lowest BCUT2D eigenvalue weighted by Crippen LogP contribution is -1.93. The summed E-state index contributed by atoms with van der Waals surface area (Å²) in [4.78, 5) is 0. The summed E-state index contributed by atoms with van der Waals surface area (Å²) in [5.41, 5.74) is 0. The van der Waals surface area contributed by atoms with Crippen LogP contribution in [0.2, 0.25) is 0 Å². The molecule has 1 heteroatoms. The van der Waals surface area contributed by atoms with E-state index in [1.54, 1.807) is 0 Å². The Morgan fingerprint density at radius 2 is 2.22 bits per heavy atom. The van der Waals surface area contributed by atoms with Crippen molar-refractivity contribution >= 4 is 11.8 Å². The third-order valence-electron chi connectivity index (χ3n) is 1.37. The van der Waals surface area contributed by atoms with Gasteiger partial charge in [0, 0.05) is 5.25 Å². The molecule has 0 aliphatic carbocycles. The van der Waals surface area contributed by atoms with Gasteiger partial charge in [0.2, 0.25) is 0 Å². The predicted molar refractivity (Wildman–Crippen MR) is 46.8 cm³/mol. The second-order valence-electron chi connectivity index (χ2n) is 2.30. The zero-order valence-corrected chi connectivity index (χ0v) is 7.34. The van der Waals surface area contributed by atoms with Crippen molar-refractivity contribution in [2.45, 2.75) is 38.4 Å². The molecule has 0 saturated heterocycles. The van der Waals surface area contributed by atoms with Crippen LogP contribution in [0.5, 0.6) is 0 Å². The fourth-order valence-electron chi connectivity index (χ4n) is 0.504. The number of hydrogen-bond donors (Lipinski definition) is 0. The lowest BCUT2D eigenvalue weighted by atomic mass is 10.4. The minimum Gasteiger partial charge on any atom is -0.159 e. The van der Waals surface area contributed by atoms with Crippen molar-refractivity contribution in [3.63, 3.8) is 0 Å². The summed E-state index contributed by atoms with van der Waals surface area (Å²) in [6.45, 7) is 8.32. The summed E-state index contributed by atoms with van der Waals surface area (Å²) in [7, 11) is 0. The molecule has 55 valence electrons. The first kappa shape index (κ1) is 9.35. The second-order valence-corrected chi connectivity index (χ2v) is 3.84. The van der Waals surface area contributed by atoms with E-state index in [0.717, 1.165) is 11.7 Å². The van der Waals surface area contributed by atoms with E-state index >= 15 is 0 Å². The minimum atomic E-state index is 0.844. The molecule has 0 heterocycles. The highest BCUT2D eigenvalue weighted by atomic mass is 32.2. The van der Waals surface area contributed by atoms with Gasteiger partial charge in [0.1, 0.15) is 0 Å². The monoisotopic (exact) mass is 145 g/mol. The Kier molecular flexibility index (Phi) is 6.72. The van der Waals surface area contributed by atoms with Gasteiger partial charge in [-0.15, -0.1) is 0 Å². The Morgan fingerprint density at radius 1 is 1.56 bits per heavy atom. The lowest BCUT2D eigenvalue weighted by Gasteiger charge is -2.05. The average molecular weight is 145 g/mol. The highest BCUT2D eigenvalue weighted by Crippen LogP contribution is 2.14. The van der Waals surface area contributed by atoms with Gasteiger partial charge in [0.25, 0.3) is 0 Å². The van der Waals surface area contributed by atoms with Crippen molar-refractivity contribution in [2.24, 2.45) is 0 Å². The van der Waals surface area contributed by atoms with Gasteiger partial charge in [0.15, 0.2) is 0 Å². The molecule has 0 spiro atoms. The smallest absolute Gasteiger partial charge is 0.00160 e. The summed E-state index contributed by atoms with van der Waals surface area (Å²) < 4.78 is 0. The van der Waals surface area contributed by atoms with Crippen LogP contribution < -0.4 is 0 Å². The summed E-state index contributed by atoms with van der Waals surface area (Å²) in [6.07, 6.45) is 3.65. The zero-order valence-electron chi connectivity index (χ0n) is 6.52. The van der Waals surface area contributed by atoms with E-state index in [9.17, 15) is 0 Å². The quantitative estimate of drug-likeness (QED) is 0.536. The molecule has 0 bridgehead atoms. The first-order valence-corrected chi connectivity index (χ1v) is 4.77. The van der Waals surface area contributed by atoms with Gasteiger partial charge in [-0.05, 0) is 18.6 Å². The van der Waals surface area contributed by atoms with Crippen molar-refractivity contribution < 1.29 is 0 Å². The third-order valence-corrected chi connectivity index (χ3v) is 2.80. The number of rotatable bonds is 5. The second kappa shape index (κ2) is 6.47. The number of unbranched alkanes of at least 4 members (excludes halogenated alkanes) is 1. The van der Waals surface area contributed by atoms with Gasteiger partial charge in [-0.25, -0.2) is 0 Å². The molecule has 0 N–H and O–H groups in total. The van der Waals surface area contributed by atoms with Crippen LogP contribution >= 0.6 is 11.8 Å². The van der Waals surface area contributed by atoms with Crippen molar-refractivity contribution in [3.05, 3.63) is 6.92 Å². The number of thioether (sulfide) groups is 1. The largest absolute Gasteiger partial charge is 0.159 e. The Morgan fingerprint density at radius 3 is 2.67 bits per heavy atom. The van der Waals surface area contributed by atoms with Crippen LogP contribution in [0.1, 0.15) is 33.1 Å². The van der Waals surface area contributed by atoms with Crippen LogP contribution in [-0.2, 0) is 0 Å². The molecule has 0 nitrogen and oxygen atoms in total. The van der Waals surface area contributed by atoms with Gasteiger partial charge >= 0.3 is 0 Å². The van der Waals surface area contributed by atoms with E-state index in [0.29, 0.717) is 0 Å². The summed E-state index contributed by atoms with van der Waals surface area (Å²) in [6, 6.07) is 0. The molecular formula is C8H17S. The van der Waals surface area contributed by atoms with E-state index in [4.69, 9.17) is 0 Å². The van der Waals surface area contributed by atoms with Crippen molar-refractivity contribution in [3.8, 4) is 0 Å². The molecule has 9 heavy (non-hydrogen) atoms. The Labute approximate surface area is 63.4 Å². The Bertz CT molecular complexity index is 52.5. The SMILES string of the molecule is [CH2]CCCSC(C)CC. The number of hydrogen-bond acceptors (Lipinski definition) is 1. The minimum absolute atomic E-state index is 0.844. The van der Waals surface area contributed by atoms with Crippen LogP contribution in [0.15, 0.2) is 0 Å². The maximum Gasteiger partial charge on any atom is 0.00160 e. The zero-order chi connectivity index (χ0) is 7.11. The molecule has 0 aliphatic rings. The van der Waals surface area contributed by atoms with E-state index in [1.807, 2.05) is 0 Å². The average Bonchev–Trinajstić information content (AvgIpc) is 1.89. The molecule has 0 saturated carbocycles. The van der Waals surface area contributed by atoms with E-state index in [-0.39, 0.29) is 0 Å². The fourth-order valence-corrected chi connectivity index (χ4v) is 1.51. The van der Waals surface area contributed by atoms with Crippen molar-refractivity contribution in [2.75, 3.05) is 5.75 Å². The van der Waals surface area contributed by atoms with Gasteiger partial charge in [0.05, 0.1) is 0 Å². The third kappa shape index (κ3) is 6.23. The van der Waals surface area contributed by atoms with Crippen molar-refractivity contribution in [1.29, 1.82) is 0 Å². The standard InChI is InChI=1S/C8H17S/c1-4-6-7-9-8(3)5-2/h8H,1,4-7H2,2-3H3. The molecule has 1 unspecified atom stereocenters. The first-order chi connectivity index (χ1) is 4.31. The Hall–Kier alpha value is 0.350. The molecule has 1 radical (unpaired) electrons. The molecule has 0 amide bonds. The van der Waals surface area contributed by atoms with Crippen LogP contribution in [-0.4, -0.2) is 11.0 Å². The molecule has 0 aromatic rings. The predicted octanol–water partition coefficient (Wildman–Crippen LogP) is 3.13. The first-order valence-electron chi connectivity index (χ1n) is 3.72. The van der Waals surface area contributed by atoms with Gasteiger partial charge in [-0.1, -0.05) is 27.2 Å². The summed E-state index contributed by atoms with van der Waals surface area (Å²) >= 11 is 2.06. The molecule has 0 aromatic heterocycles. The highest BCUT2D eigenvalue weighted by molar-refractivity contribution is 7.99. The maximum absolute atomic E-state index is 3.80. The van der Waals surface area contributed by atoms with Gasteiger partial charge < -0.3 is 0 Å². The van der Waals surface area contributed by atoms with Crippen LogP contribution in [0.3, 0.4) is 0 Å². The molecule has 1 atom stereocenters. The molecule has 0 rings (SSSR count). The van der Waals surface area contributed by atoms with Crippen LogP contribution in [0.25, 0.3) is 0 Å². The molecule has 0 aliphatic heterocycles. The fraction of sp³-hybridized carbons (Fsp3) is 0.875. The van der Waals surface area contributed by atoms with Crippen LogP contribution in [0.4, 0.5) is 0 Å². The molecular weight excluding hydrogens is 128 g/mol. The lowest BCUT2D eigenvalue weighted by molar-refractivity contribution is 0.894. The van der Waals surface area contributed by atoms with Crippen LogP contribution in [0, 0.1) is 6.92 Å². The summed E-state index contributed by atoms with van der Waals surface area (Å²) in [5, 5.41) is 0.844. The molecule has 0 fully saturated rings. The van der Waals surface area contributed by atoms with Gasteiger partial charge in [-0.2, -0.15) is 11.8 Å². The highest BCUT2D eigenvalue weighted by Gasteiger charge is 1.95. The summed E-state index contributed by atoms with van der Waals surface area (Å²) in [5.74, 6) is 1.29. The molecule has 0 aromatic carbocycles. The topological polar surface area (TPSA) is 0 Å². The maximum atomic E-state index is 3.80.